The van der Waals surface area contributed by atoms with Crippen molar-refractivity contribution in [3.8, 4) is 0 Å². The molecule has 0 unspecified atom stereocenters. The molecular formula is C16H19N3O2. The number of fused-ring (bicyclic) bond motifs is 1. The molecule has 0 bridgehead atoms. The van der Waals surface area contributed by atoms with Gasteiger partial charge in [-0.3, -0.25) is 9.59 Å². The Labute approximate surface area is 123 Å². The molecule has 1 heterocycles. The molecular weight excluding hydrogens is 266 g/mol. The summed E-state index contributed by atoms with van der Waals surface area (Å²) in [6.07, 6.45) is 4.37. The van der Waals surface area contributed by atoms with Crippen molar-refractivity contribution in [3.05, 3.63) is 40.3 Å². The summed E-state index contributed by atoms with van der Waals surface area (Å²) in [5, 5.41) is 8.47. The average Bonchev–Trinajstić information content (AvgIpc) is 3.01. The fraction of sp³-hybridized carbons (Fsp3) is 0.438. The molecule has 0 saturated heterocycles. The Hall–Kier alpha value is -2.17. The topological polar surface area (TPSA) is 64.0 Å². The highest BCUT2D eigenvalue weighted by Crippen LogP contribution is 2.19. The fourth-order valence-electron chi connectivity index (χ4n) is 2.94. The SMILES string of the molecule is CCn1nc(C(=O)NC2CCCC2)c2ccccc2c1=O. The van der Waals surface area contributed by atoms with Gasteiger partial charge in [-0.2, -0.15) is 5.10 Å². The highest BCUT2D eigenvalue weighted by atomic mass is 16.2. The first-order chi connectivity index (χ1) is 10.2. The van der Waals surface area contributed by atoms with E-state index in [0.717, 1.165) is 25.7 Å². The van der Waals surface area contributed by atoms with Gasteiger partial charge >= 0.3 is 0 Å². The summed E-state index contributed by atoms with van der Waals surface area (Å²) in [5.41, 5.74) is 0.199. The van der Waals surface area contributed by atoms with E-state index in [1.54, 1.807) is 12.1 Å². The van der Waals surface area contributed by atoms with Crippen LogP contribution >= 0.6 is 0 Å². The van der Waals surface area contributed by atoms with Crippen LogP contribution in [0.3, 0.4) is 0 Å². The molecule has 0 spiro atoms. The zero-order chi connectivity index (χ0) is 14.8. The molecule has 2 aromatic rings. The lowest BCUT2D eigenvalue weighted by Gasteiger charge is -2.13. The van der Waals surface area contributed by atoms with Crippen LogP contribution in [0.2, 0.25) is 0 Å². The number of nitrogens with zero attached hydrogens (tertiary/aromatic N) is 2. The van der Waals surface area contributed by atoms with E-state index in [1.807, 2.05) is 19.1 Å². The standard InChI is InChI=1S/C16H19N3O2/c1-2-19-16(21)13-10-6-5-9-12(13)14(18-19)15(20)17-11-7-3-4-8-11/h5-6,9-11H,2-4,7-8H2,1H3,(H,17,20). The maximum Gasteiger partial charge on any atom is 0.274 e. The molecule has 0 radical (unpaired) electrons. The van der Waals surface area contributed by atoms with Crippen molar-refractivity contribution in [3.63, 3.8) is 0 Å². The molecule has 21 heavy (non-hydrogen) atoms. The third kappa shape index (κ3) is 2.55. The van der Waals surface area contributed by atoms with E-state index in [-0.39, 0.29) is 17.5 Å². The van der Waals surface area contributed by atoms with Crippen molar-refractivity contribution in [2.75, 3.05) is 0 Å². The largest absolute Gasteiger partial charge is 0.348 e. The Kier molecular flexibility index (Phi) is 3.73. The zero-order valence-electron chi connectivity index (χ0n) is 12.1. The van der Waals surface area contributed by atoms with Crippen LogP contribution in [0.15, 0.2) is 29.1 Å². The number of benzene rings is 1. The average molecular weight is 285 g/mol. The molecule has 1 saturated carbocycles. The molecule has 0 aliphatic heterocycles. The Balaban J connectivity index is 2.06. The number of carbonyl (C=O) groups excluding carboxylic acids is 1. The molecule has 5 heteroatoms. The predicted octanol–water partition coefficient (Wildman–Crippen LogP) is 2.09. The third-order valence-electron chi connectivity index (χ3n) is 4.07. The van der Waals surface area contributed by atoms with Gasteiger partial charge in [0.15, 0.2) is 5.69 Å². The molecule has 5 nitrogen and oxygen atoms in total. The minimum Gasteiger partial charge on any atom is -0.348 e. The van der Waals surface area contributed by atoms with Crippen molar-refractivity contribution >= 4 is 16.7 Å². The van der Waals surface area contributed by atoms with Crippen molar-refractivity contribution in [1.29, 1.82) is 0 Å². The molecule has 1 fully saturated rings. The van der Waals surface area contributed by atoms with E-state index in [2.05, 4.69) is 10.4 Å². The van der Waals surface area contributed by atoms with Gasteiger partial charge in [0.1, 0.15) is 0 Å². The molecule has 1 aliphatic carbocycles. The number of hydrogen-bond acceptors (Lipinski definition) is 3. The quantitative estimate of drug-likeness (QED) is 0.939. The van der Waals surface area contributed by atoms with Gasteiger partial charge in [-0.1, -0.05) is 31.0 Å². The van der Waals surface area contributed by atoms with Crippen LogP contribution in [0.25, 0.3) is 10.8 Å². The maximum atomic E-state index is 12.5. The van der Waals surface area contributed by atoms with Gasteiger partial charge in [-0.15, -0.1) is 0 Å². The van der Waals surface area contributed by atoms with Gasteiger partial charge in [-0.25, -0.2) is 4.68 Å². The number of nitrogens with one attached hydrogen (secondary N) is 1. The van der Waals surface area contributed by atoms with E-state index < -0.39 is 0 Å². The van der Waals surface area contributed by atoms with Crippen LogP contribution in [0.4, 0.5) is 0 Å². The van der Waals surface area contributed by atoms with Gasteiger partial charge in [0.25, 0.3) is 11.5 Å². The van der Waals surface area contributed by atoms with Crippen LogP contribution in [-0.4, -0.2) is 21.7 Å². The van der Waals surface area contributed by atoms with Gasteiger partial charge in [-0.05, 0) is 25.8 Å². The lowest BCUT2D eigenvalue weighted by atomic mass is 10.1. The molecule has 1 aliphatic rings. The minimum absolute atomic E-state index is 0.148. The predicted molar refractivity (Wildman–Crippen MR) is 81.4 cm³/mol. The smallest absolute Gasteiger partial charge is 0.274 e. The second-order valence-corrected chi connectivity index (χ2v) is 5.47. The summed E-state index contributed by atoms with van der Waals surface area (Å²) in [4.78, 5) is 24.8. The Morgan fingerprint density at radius 3 is 2.62 bits per heavy atom. The number of carbonyl (C=O) groups is 1. The van der Waals surface area contributed by atoms with Crippen molar-refractivity contribution in [1.82, 2.24) is 15.1 Å². The maximum absolute atomic E-state index is 12.5. The monoisotopic (exact) mass is 285 g/mol. The molecule has 0 atom stereocenters. The van der Waals surface area contributed by atoms with Crippen LogP contribution in [0.1, 0.15) is 43.1 Å². The molecule has 3 rings (SSSR count). The summed E-state index contributed by atoms with van der Waals surface area (Å²) in [7, 11) is 0. The highest BCUT2D eigenvalue weighted by molar-refractivity contribution is 6.04. The first-order valence-electron chi connectivity index (χ1n) is 7.51. The summed E-state index contributed by atoms with van der Waals surface area (Å²) in [5.74, 6) is -0.180. The fourth-order valence-corrected chi connectivity index (χ4v) is 2.94. The van der Waals surface area contributed by atoms with E-state index in [0.29, 0.717) is 23.0 Å². The van der Waals surface area contributed by atoms with E-state index in [9.17, 15) is 9.59 Å². The second kappa shape index (κ2) is 5.68. The Morgan fingerprint density at radius 2 is 1.95 bits per heavy atom. The van der Waals surface area contributed by atoms with Gasteiger partial charge < -0.3 is 5.32 Å². The van der Waals surface area contributed by atoms with Crippen LogP contribution < -0.4 is 10.9 Å². The van der Waals surface area contributed by atoms with Gasteiger partial charge in [0.05, 0.1) is 5.39 Å². The summed E-state index contributed by atoms with van der Waals surface area (Å²) >= 11 is 0. The van der Waals surface area contributed by atoms with Crippen LogP contribution in [-0.2, 0) is 6.54 Å². The first-order valence-corrected chi connectivity index (χ1v) is 7.51. The third-order valence-corrected chi connectivity index (χ3v) is 4.07. The molecule has 1 N–H and O–H groups in total. The normalized spacial score (nSPS) is 15.5. The Morgan fingerprint density at radius 1 is 1.29 bits per heavy atom. The van der Waals surface area contributed by atoms with Crippen molar-refractivity contribution in [2.24, 2.45) is 0 Å². The van der Waals surface area contributed by atoms with Gasteiger partial charge in [0.2, 0.25) is 0 Å². The number of hydrogen-bond donors (Lipinski definition) is 1. The lowest BCUT2D eigenvalue weighted by Crippen LogP contribution is -2.35. The second-order valence-electron chi connectivity index (χ2n) is 5.47. The first kappa shape index (κ1) is 13.8. The molecule has 110 valence electrons. The Bertz CT molecular complexity index is 730. The van der Waals surface area contributed by atoms with Crippen molar-refractivity contribution in [2.45, 2.75) is 45.2 Å². The number of aryl methyl sites for hydroxylation is 1. The number of aromatic nitrogens is 2. The van der Waals surface area contributed by atoms with E-state index in [4.69, 9.17) is 0 Å². The molecule has 1 amide bonds. The van der Waals surface area contributed by atoms with E-state index >= 15 is 0 Å². The number of amides is 1. The molecule has 1 aromatic heterocycles. The summed E-state index contributed by atoms with van der Waals surface area (Å²) in [6, 6.07) is 7.40. The summed E-state index contributed by atoms with van der Waals surface area (Å²) in [6.45, 7) is 2.30. The minimum atomic E-state index is -0.180. The van der Waals surface area contributed by atoms with E-state index in [1.165, 1.54) is 4.68 Å². The molecule has 1 aromatic carbocycles. The van der Waals surface area contributed by atoms with Gasteiger partial charge in [0, 0.05) is 18.0 Å². The van der Waals surface area contributed by atoms with Crippen molar-refractivity contribution < 1.29 is 4.79 Å². The van der Waals surface area contributed by atoms with Crippen LogP contribution in [0, 0.1) is 0 Å². The lowest BCUT2D eigenvalue weighted by molar-refractivity contribution is 0.0932. The zero-order valence-corrected chi connectivity index (χ0v) is 12.1. The highest BCUT2D eigenvalue weighted by Gasteiger charge is 2.21. The summed E-state index contributed by atoms with van der Waals surface area (Å²) < 4.78 is 1.35. The van der Waals surface area contributed by atoms with Crippen LogP contribution in [0.5, 0.6) is 0 Å². The number of rotatable bonds is 3.